The second kappa shape index (κ2) is 5.54. The smallest absolute Gasteiger partial charge is 0.314 e. The van der Waals surface area contributed by atoms with Gasteiger partial charge in [0, 0.05) is 38.3 Å². The third-order valence-corrected chi connectivity index (χ3v) is 3.08. The van der Waals surface area contributed by atoms with Crippen LogP contribution >= 0.6 is 0 Å². The summed E-state index contributed by atoms with van der Waals surface area (Å²) in [6.07, 6.45) is -4.12. The van der Waals surface area contributed by atoms with E-state index >= 15 is 0 Å². The summed E-state index contributed by atoms with van der Waals surface area (Å²) in [5.74, 6) is 0. The quantitative estimate of drug-likeness (QED) is 0.811. The highest BCUT2D eigenvalue weighted by atomic mass is 19.4. The standard InChI is InChI=1S/C11H22F3N3/c1-10(2,17-6-4-15-5-7-17)8-16(3)9-11(12,13)14/h15H,4-9H2,1-3H3. The molecule has 0 aromatic rings. The van der Waals surface area contributed by atoms with Crippen LogP contribution in [-0.4, -0.2) is 67.8 Å². The van der Waals surface area contributed by atoms with Crippen LogP contribution in [0.4, 0.5) is 13.2 Å². The maximum Gasteiger partial charge on any atom is 0.401 e. The molecule has 1 aliphatic rings. The Bertz CT molecular complexity index is 235. The number of nitrogens with zero attached hydrogens (tertiary/aromatic N) is 2. The Kier molecular flexibility index (Phi) is 4.80. The lowest BCUT2D eigenvalue weighted by Gasteiger charge is -2.43. The van der Waals surface area contributed by atoms with Crippen molar-refractivity contribution >= 4 is 0 Å². The highest BCUT2D eigenvalue weighted by Crippen LogP contribution is 2.20. The van der Waals surface area contributed by atoms with Gasteiger partial charge in [-0.2, -0.15) is 13.2 Å². The van der Waals surface area contributed by atoms with Gasteiger partial charge in [0.25, 0.3) is 0 Å². The molecule has 0 aromatic heterocycles. The molecule has 0 aromatic carbocycles. The molecular weight excluding hydrogens is 231 g/mol. The van der Waals surface area contributed by atoms with Crippen molar-refractivity contribution < 1.29 is 13.2 Å². The molecule has 1 heterocycles. The number of alkyl halides is 3. The van der Waals surface area contributed by atoms with Gasteiger partial charge in [-0.05, 0) is 20.9 Å². The zero-order chi connectivity index (χ0) is 13.1. The minimum atomic E-state index is -4.12. The Morgan fingerprint density at radius 1 is 1.12 bits per heavy atom. The van der Waals surface area contributed by atoms with Crippen molar-refractivity contribution in [3.63, 3.8) is 0 Å². The fourth-order valence-electron chi connectivity index (χ4n) is 2.39. The topological polar surface area (TPSA) is 18.5 Å². The number of piperazine rings is 1. The van der Waals surface area contributed by atoms with Crippen LogP contribution in [0.2, 0.25) is 0 Å². The fraction of sp³-hybridized carbons (Fsp3) is 1.00. The van der Waals surface area contributed by atoms with E-state index in [9.17, 15) is 13.2 Å². The molecule has 0 saturated carbocycles. The number of likely N-dealkylation sites (N-methyl/N-ethyl adjacent to an activating group) is 1. The molecular formula is C11H22F3N3. The van der Waals surface area contributed by atoms with Gasteiger partial charge in [-0.25, -0.2) is 0 Å². The van der Waals surface area contributed by atoms with E-state index in [0.717, 1.165) is 26.2 Å². The zero-order valence-electron chi connectivity index (χ0n) is 10.8. The molecule has 1 aliphatic heterocycles. The highest BCUT2D eigenvalue weighted by molar-refractivity contribution is 4.87. The first kappa shape index (κ1) is 14.7. The van der Waals surface area contributed by atoms with Gasteiger partial charge in [0.15, 0.2) is 0 Å². The average Bonchev–Trinajstić information content (AvgIpc) is 2.15. The number of halogens is 3. The molecule has 0 bridgehead atoms. The van der Waals surface area contributed by atoms with Gasteiger partial charge in [0.05, 0.1) is 6.54 Å². The lowest BCUT2D eigenvalue weighted by atomic mass is 10.0. The Labute approximate surface area is 101 Å². The summed E-state index contributed by atoms with van der Waals surface area (Å²) in [6.45, 7) is 7.20. The van der Waals surface area contributed by atoms with E-state index in [1.54, 1.807) is 0 Å². The molecule has 0 atom stereocenters. The van der Waals surface area contributed by atoms with Crippen molar-refractivity contribution in [3.8, 4) is 0 Å². The molecule has 17 heavy (non-hydrogen) atoms. The van der Waals surface area contributed by atoms with E-state index in [0.29, 0.717) is 6.54 Å². The highest BCUT2D eigenvalue weighted by Gasteiger charge is 2.34. The average molecular weight is 253 g/mol. The molecule has 0 aliphatic carbocycles. The van der Waals surface area contributed by atoms with Crippen LogP contribution in [-0.2, 0) is 0 Å². The van der Waals surface area contributed by atoms with Crippen LogP contribution in [0, 0.1) is 0 Å². The van der Waals surface area contributed by atoms with Crippen molar-refractivity contribution in [2.45, 2.75) is 25.6 Å². The summed E-state index contributed by atoms with van der Waals surface area (Å²) in [5.41, 5.74) is -0.220. The predicted octanol–water partition coefficient (Wildman–Crippen LogP) is 1.16. The molecule has 1 fully saturated rings. The van der Waals surface area contributed by atoms with Gasteiger partial charge in [-0.15, -0.1) is 0 Å². The van der Waals surface area contributed by atoms with E-state index in [1.165, 1.54) is 11.9 Å². The van der Waals surface area contributed by atoms with Crippen LogP contribution in [0.5, 0.6) is 0 Å². The third kappa shape index (κ3) is 5.23. The van der Waals surface area contributed by atoms with E-state index in [2.05, 4.69) is 10.2 Å². The lowest BCUT2D eigenvalue weighted by molar-refractivity contribution is -0.146. The number of hydrogen-bond donors (Lipinski definition) is 1. The summed E-state index contributed by atoms with van der Waals surface area (Å²) in [7, 11) is 1.53. The molecule has 6 heteroatoms. The van der Waals surface area contributed by atoms with Gasteiger partial charge in [-0.3, -0.25) is 9.80 Å². The van der Waals surface area contributed by atoms with E-state index in [-0.39, 0.29) is 5.54 Å². The lowest BCUT2D eigenvalue weighted by Crippen LogP contribution is -2.57. The molecule has 0 amide bonds. The van der Waals surface area contributed by atoms with Gasteiger partial charge < -0.3 is 5.32 Å². The summed E-state index contributed by atoms with van der Waals surface area (Å²) in [5, 5.41) is 3.24. The fourth-order valence-corrected chi connectivity index (χ4v) is 2.39. The maximum absolute atomic E-state index is 12.3. The SMILES string of the molecule is CN(CC(F)(F)F)CC(C)(C)N1CCNCC1. The summed E-state index contributed by atoms with van der Waals surface area (Å²) >= 11 is 0. The second-order valence-corrected chi connectivity index (χ2v) is 5.34. The van der Waals surface area contributed by atoms with Crippen LogP contribution in [0.25, 0.3) is 0 Å². The molecule has 0 radical (unpaired) electrons. The van der Waals surface area contributed by atoms with Gasteiger partial charge in [-0.1, -0.05) is 0 Å². The molecule has 1 N–H and O–H groups in total. The largest absolute Gasteiger partial charge is 0.401 e. The van der Waals surface area contributed by atoms with Gasteiger partial charge in [0.1, 0.15) is 0 Å². The molecule has 1 rings (SSSR count). The van der Waals surface area contributed by atoms with Crippen LogP contribution in [0.15, 0.2) is 0 Å². The van der Waals surface area contributed by atoms with E-state index in [1.807, 2.05) is 13.8 Å². The van der Waals surface area contributed by atoms with Crippen LogP contribution in [0.1, 0.15) is 13.8 Å². The minimum absolute atomic E-state index is 0.220. The molecule has 0 spiro atoms. The second-order valence-electron chi connectivity index (χ2n) is 5.34. The van der Waals surface area contributed by atoms with Crippen molar-refractivity contribution in [1.29, 1.82) is 0 Å². The van der Waals surface area contributed by atoms with E-state index in [4.69, 9.17) is 0 Å². The van der Waals surface area contributed by atoms with Crippen molar-refractivity contribution in [3.05, 3.63) is 0 Å². The normalized spacial score (nSPS) is 19.9. The summed E-state index contributed by atoms with van der Waals surface area (Å²) < 4.78 is 36.8. The van der Waals surface area contributed by atoms with Crippen molar-refractivity contribution in [2.24, 2.45) is 0 Å². The predicted molar refractivity (Wildman–Crippen MR) is 62.1 cm³/mol. The van der Waals surface area contributed by atoms with E-state index < -0.39 is 12.7 Å². The zero-order valence-corrected chi connectivity index (χ0v) is 10.8. The Morgan fingerprint density at radius 2 is 1.65 bits per heavy atom. The monoisotopic (exact) mass is 253 g/mol. The Hall–Kier alpha value is -0.330. The van der Waals surface area contributed by atoms with Crippen LogP contribution < -0.4 is 5.32 Å². The van der Waals surface area contributed by atoms with Gasteiger partial charge >= 0.3 is 6.18 Å². The van der Waals surface area contributed by atoms with Crippen LogP contribution in [0.3, 0.4) is 0 Å². The first-order valence-corrected chi connectivity index (χ1v) is 5.92. The summed E-state index contributed by atoms with van der Waals surface area (Å²) in [6, 6.07) is 0. The van der Waals surface area contributed by atoms with Crippen molar-refractivity contribution in [2.75, 3.05) is 46.3 Å². The molecule has 0 unspecified atom stereocenters. The summed E-state index contributed by atoms with van der Waals surface area (Å²) in [4.78, 5) is 3.60. The maximum atomic E-state index is 12.3. The number of rotatable bonds is 4. The third-order valence-electron chi connectivity index (χ3n) is 3.08. The molecule has 1 saturated heterocycles. The first-order valence-electron chi connectivity index (χ1n) is 5.92. The molecule has 3 nitrogen and oxygen atoms in total. The minimum Gasteiger partial charge on any atom is -0.314 e. The molecule has 102 valence electrons. The Balaban J connectivity index is 2.47. The number of nitrogens with one attached hydrogen (secondary N) is 1. The van der Waals surface area contributed by atoms with Gasteiger partial charge in [0.2, 0.25) is 0 Å². The Morgan fingerprint density at radius 3 is 2.12 bits per heavy atom. The first-order chi connectivity index (χ1) is 7.71. The van der Waals surface area contributed by atoms with Crippen molar-refractivity contribution in [1.82, 2.24) is 15.1 Å². The number of hydrogen-bond acceptors (Lipinski definition) is 3.